The highest BCUT2D eigenvalue weighted by atomic mass is 16.6. The van der Waals surface area contributed by atoms with Crippen molar-refractivity contribution in [1.82, 2.24) is 15.5 Å². The number of carbonyl (C=O) groups is 5. The van der Waals surface area contributed by atoms with Crippen LogP contribution >= 0.6 is 0 Å². The molecule has 1 unspecified atom stereocenters. The third-order valence-electron chi connectivity index (χ3n) is 7.50. The molecule has 0 aromatic carbocycles. The van der Waals surface area contributed by atoms with Gasteiger partial charge in [-0.25, -0.2) is 9.59 Å². The Morgan fingerprint density at radius 1 is 1.03 bits per heavy atom. The highest BCUT2D eigenvalue weighted by molar-refractivity contribution is 6.36. The van der Waals surface area contributed by atoms with Crippen LogP contribution in [0.4, 0.5) is 4.79 Å². The number of methoxy groups -OCH3 is 1. The molecule has 1 saturated heterocycles. The average molecular weight is 538 g/mol. The number of unbranched alkanes of at least 4 members (excludes halogenated alkanes) is 1. The van der Waals surface area contributed by atoms with Crippen molar-refractivity contribution >= 4 is 29.7 Å². The highest BCUT2D eigenvalue weighted by Crippen LogP contribution is 2.57. The van der Waals surface area contributed by atoms with Crippen LogP contribution < -0.4 is 10.6 Å². The Labute approximate surface area is 226 Å². The van der Waals surface area contributed by atoms with Crippen LogP contribution in [0.3, 0.4) is 0 Å². The Kier molecular flexibility index (Phi) is 9.65. The van der Waals surface area contributed by atoms with Crippen molar-refractivity contribution in [3.05, 3.63) is 0 Å². The smallest absolute Gasteiger partial charge is 0.408 e. The fourth-order valence-corrected chi connectivity index (χ4v) is 5.79. The van der Waals surface area contributed by atoms with E-state index in [0.717, 1.165) is 20.0 Å². The number of alkyl carbamates (subject to hydrolysis) is 1. The summed E-state index contributed by atoms with van der Waals surface area (Å²) in [6.45, 7) is 17.2. The molecule has 3 amide bonds. The maximum atomic E-state index is 14.0. The lowest BCUT2D eigenvalue weighted by molar-refractivity contribution is -0.153. The summed E-state index contributed by atoms with van der Waals surface area (Å²) < 4.78 is 10.0. The normalized spacial score (nSPS) is 23.8. The molecule has 216 valence electrons. The zero-order valence-electron chi connectivity index (χ0n) is 24.7. The number of carbonyl (C=O) groups excluding carboxylic acids is 5. The number of ether oxygens (including phenoxy) is 2. The quantitative estimate of drug-likeness (QED) is 0.341. The molecule has 2 rings (SSSR count). The lowest BCUT2D eigenvalue weighted by Gasteiger charge is -2.49. The summed E-state index contributed by atoms with van der Waals surface area (Å²) in [7, 11) is 1.13. The molecule has 2 aliphatic rings. The summed E-state index contributed by atoms with van der Waals surface area (Å²) in [5.74, 6) is -2.67. The molecule has 5 atom stereocenters. The molecule has 2 fully saturated rings. The van der Waals surface area contributed by atoms with Crippen LogP contribution in [0.25, 0.3) is 0 Å². The van der Waals surface area contributed by atoms with Crippen molar-refractivity contribution in [2.75, 3.05) is 13.7 Å². The minimum Gasteiger partial charge on any atom is -0.463 e. The van der Waals surface area contributed by atoms with Gasteiger partial charge in [0.15, 0.2) is 0 Å². The van der Waals surface area contributed by atoms with E-state index < -0.39 is 52.9 Å². The first-order valence-electron chi connectivity index (χ1n) is 13.6. The lowest BCUT2D eigenvalue weighted by Crippen LogP contribution is -2.61. The second-order valence-corrected chi connectivity index (χ2v) is 13.4. The van der Waals surface area contributed by atoms with Crippen LogP contribution in [0.5, 0.6) is 0 Å². The zero-order chi connectivity index (χ0) is 29.2. The van der Waals surface area contributed by atoms with E-state index in [9.17, 15) is 24.0 Å². The monoisotopic (exact) mass is 537 g/mol. The zero-order valence-corrected chi connectivity index (χ0v) is 24.7. The molecule has 10 heteroatoms. The number of nitrogens with zero attached hydrogens (tertiary/aromatic N) is 1. The first-order chi connectivity index (χ1) is 17.3. The molecular formula is C28H47N3O7. The van der Waals surface area contributed by atoms with E-state index in [1.165, 1.54) is 0 Å². The van der Waals surface area contributed by atoms with Crippen molar-refractivity contribution in [3.63, 3.8) is 0 Å². The standard InChI is InChI=1S/C28H47N3O7/c1-11-12-13-17(20(32)24(35)37-10)29-22(33)19-18-16(14-28(18,8)9)15-31(19)23(34)21(26(2,3)4)30-25(36)38-27(5,6)7/h16-19,21H,11-15H2,1-10H3,(H,29,33)(H,30,36)/t16-,17?,18-,19-,21+/m0/s1. The Bertz CT molecular complexity index is 932. The van der Waals surface area contributed by atoms with Crippen molar-refractivity contribution in [1.29, 1.82) is 0 Å². The molecule has 1 aliphatic carbocycles. The number of rotatable bonds is 9. The number of Topliss-reactive ketones (excluding diaryl/α,β-unsaturated/α-hetero) is 1. The van der Waals surface area contributed by atoms with E-state index in [2.05, 4.69) is 29.2 Å². The molecule has 0 radical (unpaired) electrons. The molecule has 0 aromatic rings. The number of hydrogen-bond donors (Lipinski definition) is 2. The van der Waals surface area contributed by atoms with Gasteiger partial charge < -0.3 is 25.0 Å². The number of ketones is 1. The van der Waals surface area contributed by atoms with Gasteiger partial charge in [-0.05, 0) is 56.3 Å². The fraction of sp³-hybridized carbons (Fsp3) is 0.821. The first kappa shape index (κ1) is 31.6. The second kappa shape index (κ2) is 11.6. The molecule has 1 heterocycles. The summed E-state index contributed by atoms with van der Waals surface area (Å²) in [4.78, 5) is 66.7. The molecule has 1 saturated carbocycles. The van der Waals surface area contributed by atoms with Gasteiger partial charge in [0.1, 0.15) is 17.7 Å². The van der Waals surface area contributed by atoms with Gasteiger partial charge in [0.2, 0.25) is 11.8 Å². The molecule has 0 aromatic heterocycles. The molecule has 10 nitrogen and oxygen atoms in total. The number of esters is 1. The van der Waals surface area contributed by atoms with Gasteiger partial charge in [0.05, 0.1) is 13.2 Å². The van der Waals surface area contributed by atoms with E-state index >= 15 is 0 Å². The topological polar surface area (TPSA) is 131 Å². The van der Waals surface area contributed by atoms with Gasteiger partial charge in [-0.2, -0.15) is 0 Å². The van der Waals surface area contributed by atoms with Crippen LogP contribution in [0.15, 0.2) is 0 Å². The predicted octanol–water partition coefficient (Wildman–Crippen LogP) is 3.22. The van der Waals surface area contributed by atoms with Gasteiger partial charge in [-0.3, -0.25) is 14.4 Å². The molecule has 2 N–H and O–H groups in total. The summed E-state index contributed by atoms with van der Waals surface area (Å²) in [6, 6.07) is -2.82. The molecular weight excluding hydrogens is 490 g/mol. The maximum absolute atomic E-state index is 14.0. The minimum absolute atomic E-state index is 0.117. The van der Waals surface area contributed by atoms with Crippen LogP contribution in [0.1, 0.15) is 88.0 Å². The third kappa shape index (κ3) is 7.26. The highest BCUT2D eigenvalue weighted by Gasteiger charge is 2.61. The predicted molar refractivity (Wildman–Crippen MR) is 142 cm³/mol. The molecule has 0 bridgehead atoms. The van der Waals surface area contributed by atoms with Crippen molar-refractivity contribution in [2.24, 2.45) is 22.7 Å². The average Bonchev–Trinajstić information content (AvgIpc) is 3.11. The van der Waals surface area contributed by atoms with Crippen molar-refractivity contribution in [3.8, 4) is 0 Å². The second-order valence-electron chi connectivity index (χ2n) is 13.4. The summed E-state index contributed by atoms with van der Waals surface area (Å²) in [5.41, 5.74) is -1.60. The summed E-state index contributed by atoms with van der Waals surface area (Å²) >= 11 is 0. The SMILES string of the molecule is CCCCC(NC(=O)[C@@H]1[C@@H]2[C@H](CN1C(=O)[C@@H](NC(=O)OC(C)(C)C)C(C)(C)C)CC2(C)C)C(=O)C(=O)OC. The molecule has 0 spiro atoms. The van der Waals surface area contributed by atoms with E-state index in [1.807, 2.05) is 27.7 Å². The first-order valence-corrected chi connectivity index (χ1v) is 13.6. The van der Waals surface area contributed by atoms with Gasteiger partial charge in [0, 0.05) is 6.54 Å². The third-order valence-corrected chi connectivity index (χ3v) is 7.50. The summed E-state index contributed by atoms with van der Waals surface area (Å²) in [5, 5.41) is 5.50. The van der Waals surface area contributed by atoms with Crippen LogP contribution in [-0.4, -0.2) is 71.9 Å². The Hall–Kier alpha value is -2.65. The number of fused-ring (bicyclic) bond motifs is 1. The number of nitrogens with one attached hydrogen (secondary N) is 2. The van der Waals surface area contributed by atoms with Crippen LogP contribution in [0, 0.1) is 22.7 Å². The van der Waals surface area contributed by atoms with Crippen molar-refractivity contribution in [2.45, 2.75) is 112 Å². The number of hydrogen-bond acceptors (Lipinski definition) is 7. The lowest BCUT2D eigenvalue weighted by atomic mass is 9.55. The minimum atomic E-state index is -1.03. The van der Waals surface area contributed by atoms with Gasteiger partial charge in [0.25, 0.3) is 5.78 Å². The van der Waals surface area contributed by atoms with Gasteiger partial charge in [-0.1, -0.05) is 54.4 Å². The number of likely N-dealkylation sites (tertiary alicyclic amines) is 1. The van der Waals surface area contributed by atoms with Gasteiger partial charge in [-0.15, -0.1) is 0 Å². The molecule has 38 heavy (non-hydrogen) atoms. The van der Waals surface area contributed by atoms with Gasteiger partial charge >= 0.3 is 12.1 Å². The van der Waals surface area contributed by atoms with E-state index in [4.69, 9.17) is 4.74 Å². The molecule has 1 aliphatic heterocycles. The Morgan fingerprint density at radius 3 is 2.11 bits per heavy atom. The Balaban J connectivity index is 2.38. The largest absolute Gasteiger partial charge is 0.463 e. The van der Waals surface area contributed by atoms with E-state index in [1.54, 1.807) is 25.7 Å². The Morgan fingerprint density at radius 2 is 1.63 bits per heavy atom. The maximum Gasteiger partial charge on any atom is 0.408 e. The van der Waals surface area contributed by atoms with Crippen LogP contribution in [-0.2, 0) is 28.7 Å². The van der Waals surface area contributed by atoms with E-state index in [-0.39, 0.29) is 23.2 Å². The fourth-order valence-electron chi connectivity index (χ4n) is 5.79. The summed E-state index contributed by atoms with van der Waals surface area (Å²) in [6.07, 6.45) is 1.84. The van der Waals surface area contributed by atoms with Crippen LogP contribution in [0.2, 0.25) is 0 Å². The van der Waals surface area contributed by atoms with E-state index in [0.29, 0.717) is 19.4 Å². The number of amides is 3. The van der Waals surface area contributed by atoms with Crippen molar-refractivity contribution < 1.29 is 33.4 Å².